The molecule has 0 heterocycles. The second-order valence-electron chi connectivity index (χ2n) is 5.00. The molecule has 0 aliphatic heterocycles. The first-order valence-electron chi connectivity index (χ1n) is 7.45. The van der Waals surface area contributed by atoms with Gasteiger partial charge in [-0.1, -0.05) is 0 Å². The molecule has 96 valence electrons. The van der Waals surface area contributed by atoms with Crippen molar-refractivity contribution in [2.75, 3.05) is 0 Å². The summed E-state index contributed by atoms with van der Waals surface area (Å²) < 4.78 is 3.22. The molecule has 0 aliphatic carbocycles. The van der Waals surface area contributed by atoms with Crippen LogP contribution in [0.1, 0.15) is 78.1 Å². The van der Waals surface area contributed by atoms with Crippen LogP contribution in [0.3, 0.4) is 0 Å². The Labute approximate surface area is 117 Å². The van der Waals surface area contributed by atoms with Gasteiger partial charge in [-0.15, -0.1) is 0 Å². The molecule has 0 bridgehead atoms. The maximum atomic E-state index is 4.04. The van der Waals surface area contributed by atoms with E-state index in [4.69, 9.17) is 0 Å². The van der Waals surface area contributed by atoms with Gasteiger partial charge in [-0.25, -0.2) is 0 Å². The van der Waals surface area contributed by atoms with Crippen molar-refractivity contribution >= 4 is 32.3 Å². The van der Waals surface area contributed by atoms with E-state index in [1.165, 1.54) is 64.2 Å². The van der Waals surface area contributed by atoms with E-state index in [0.29, 0.717) is 0 Å². The Morgan fingerprint density at radius 2 is 1.00 bits per heavy atom. The van der Waals surface area contributed by atoms with E-state index >= 15 is 0 Å². The van der Waals surface area contributed by atoms with Gasteiger partial charge in [-0.3, -0.25) is 0 Å². The third kappa shape index (κ3) is 13.5. The molecule has 0 saturated carbocycles. The molecular weight excluding hydrogens is 452 g/mol. The zero-order chi connectivity index (χ0) is 12.1. The molecule has 0 N–H and O–H groups in total. The molecule has 16 heavy (non-hydrogen) atoms. The van der Waals surface area contributed by atoms with Gasteiger partial charge in [0.1, 0.15) is 0 Å². The molecule has 0 amide bonds. The monoisotopic (exact) mass is 482 g/mol. The van der Waals surface area contributed by atoms with Gasteiger partial charge in [0.25, 0.3) is 0 Å². The molecular formula is C14H30BrTl. The van der Waals surface area contributed by atoms with Gasteiger partial charge in [-0.2, -0.15) is 0 Å². The van der Waals surface area contributed by atoms with Crippen LogP contribution in [0.4, 0.5) is 0 Å². The summed E-state index contributed by atoms with van der Waals surface area (Å²) in [5.74, 6) is 0. The average molecular weight is 483 g/mol. The van der Waals surface area contributed by atoms with Crippen molar-refractivity contribution < 1.29 is 0 Å². The molecule has 2 heteroatoms. The summed E-state index contributed by atoms with van der Waals surface area (Å²) in [4.78, 5) is 0. The molecule has 0 spiro atoms. The van der Waals surface area contributed by atoms with Crippen LogP contribution in [0.25, 0.3) is 0 Å². The molecule has 0 saturated heterocycles. The molecule has 0 atom stereocenters. The minimum atomic E-state index is -1.26. The third-order valence-corrected chi connectivity index (χ3v) is 19.3. The number of unbranched alkanes of at least 4 members (excludes halogenated alkanes) is 8. The molecule has 0 aromatic rings. The molecule has 0 unspecified atom stereocenters. The summed E-state index contributed by atoms with van der Waals surface area (Å²) in [6.45, 7) is 4.59. The molecule has 0 aliphatic rings. The van der Waals surface area contributed by atoms with E-state index in [0.717, 1.165) is 0 Å². The van der Waals surface area contributed by atoms with E-state index in [2.05, 4.69) is 25.8 Å². The van der Waals surface area contributed by atoms with Crippen LogP contribution in [0.5, 0.6) is 0 Å². The number of hydrogen-bond acceptors (Lipinski definition) is 0. The fraction of sp³-hybridized carbons (Fsp3) is 1.00. The van der Waals surface area contributed by atoms with Crippen molar-refractivity contribution in [3.05, 3.63) is 0 Å². The third-order valence-electron chi connectivity index (χ3n) is 3.24. The first kappa shape index (κ1) is 17.4. The first-order valence-corrected chi connectivity index (χ1v) is 23.5. The SMILES string of the molecule is CCCCCC[CH2][Tl]([Br])[CH2]CCCCCC. The summed E-state index contributed by atoms with van der Waals surface area (Å²) in [6.07, 6.45) is 14.6. The standard InChI is InChI=1S/2C7H15.BrH.Tl/c2*1-3-5-7-6-4-2;;/h2*1,3-7H2,2H3;1H;/q;;;+1/p-1. The van der Waals surface area contributed by atoms with Gasteiger partial charge in [0, 0.05) is 0 Å². The zero-order valence-corrected chi connectivity index (χ0v) is 17.5. The van der Waals surface area contributed by atoms with Gasteiger partial charge in [-0.05, 0) is 0 Å². The Bertz CT molecular complexity index is 114. The molecule has 0 nitrogen and oxygen atoms in total. The van der Waals surface area contributed by atoms with Crippen LogP contribution in [-0.4, -0.2) is 20.3 Å². The van der Waals surface area contributed by atoms with E-state index in [-0.39, 0.29) is 0 Å². The maximum absolute atomic E-state index is 4.04. The Morgan fingerprint density at radius 1 is 0.625 bits per heavy atom. The van der Waals surface area contributed by atoms with Crippen molar-refractivity contribution in [3.8, 4) is 0 Å². The Hall–Kier alpha value is 1.40. The zero-order valence-electron chi connectivity index (χ0n) is 11.4. The van der Waals surface area contributed by atoms with Crippen LogP contribution in [0.15, 0.2) is 0 Å². The number of rotatable bonds is 12. The normalized spacial score (nSPS) is 10.7. The predicted octanol–water partition coefficient (Wildman–Crippen LogP) is 6.31. The summed E-state index contributed by atoms with van der Waals surface area (Å²) >= 11 is 2.78. The van der Waals surface area contributed by atoms with Crippen molar-refractivity contribution in [2.24, 2.45) is 0 Å². The van der Waals surface area contributed by atoms with E-state index in [9.17, 15) is 0 Å². The molecule has 0 aromatic carbocycles. The van der Waals surface area contributed by atoms with Gasteiger partial charge in [0.05, 0.1) is 0 Å². The Kier molecular flexibility index (Phi) is 15.7. The summed E-state index contributed by atoms with van der Waals surface area (Å²) in [6, 6.07) is 0. The van der Waals surface area contributed by atoms with Crippen LogP contribution in [0, 0.1) is 0 Å². The fourth-order valence-corrected chi connectivity index (χ4v) is 14.6. The summed E-state index contributed by atoms with van der Waals surface area (Å²) in [5, 5.41) is 0. The van der Waals surface area contributed by atoms with Crippen molar-refractivity contribution in [3.63, 3.8) is 0 Å². The molecule has 0 radical (unpaired) electrons. The van der Waals surface area contributed by atoms with Crippen LogP contribution < -0.4 is 0 Å². The van der Waals surface area contributed by atoms with E-state index in [1.54, 1.807) is 7.96 Å². The molecule has 0 aromatic heterocycles. The van der Waals surface area contributed by atoms with Crippen molar-refractivity contribution in [1.82, 2.24) is 0 Å². The molecule has 0 rings (SSSR count). The average Bonchev–Trinajstić information content (AvgIpc) is 2.28. The summed E-state index contributed by atoms with van der Waals surface area (Å²) in [5.41, 5.74) is 0. The minimum absolute atomic E-state index is 1.26. The number of halogens is 1. The topological polar surface area (TPSA) is 0 Å². The van der Waals surface area contributed by atoms with Crippen molar-refractivity contribution in [1.29, 1.82) is 0 Å². The number of hydrogen-bond donors (Lipinski definition) is 0. The molecule has 0 fully saturated rings. The Morgan fingerprint density at radius 3 is 1.38 bits per heavy atom. The quantitative estimate of drug-likeness (QED) is 0.226. The van der Waals surface area contributed by atoms with Gasteiger partial charge in [0.15, 0.2) is 0 Å². The Balaban J connectivity index is 3.09. The summed E-state index contributed by atoms with van der Waals surface area (Å²) in [7, 11) is 0. The van der Waals surface area contributed by atoms with Crippen molar-refractivity contribution in [2.45, 2.75) is 86.0 Å². The van der Waals surface area contributed by atoms with Gasteiger partial charge < -0.3 is 0 Å². The first-order chi connectivity index (χ1) is 7.81. The predicted molar refractivity (Wildman–Crippen MR) is 81.8 cm³/mol. The van der Waals surface area contributed by atoms with Gasteiger partial charge in [0.2, 0.25) is 0 Å². The van der Waals surface area contributed by atoms with Crippen LogP contribution >= 0.6 is 12.0 Å². The van der Waals surface area contributed by atoms with Crippen LogP contribution in [0.2, 0.25) is 7.96 Å². The van der Waals surface area contributed by atoms with E-state index < -0.39 is 20.3 Å². The van der Waals surface area contributed by atoms with E-state index in [1.807, 2.05) is 0 Å². The second-order valence-corrected chi connectivity index (χ2v) is 25.5. The fourth-order valence-electron chi connectivity index (χ4n) is 2.08. The van der Waals surface area contributed by atoms with Crippen LogP contribution in [-0.2, 0) is 0 Å². The van der Waals surface area contributed by atoms with Gasteiger partial charge >= 0.3 is 118 Å². The second kappa shape index (κ2) is 14.5.